The topological polar surface area (TPSA) is 60.2 Å². The van der Waals surface area contributed by atoms with Crippen molar-refractivity contribution in [1.29, 1.82) is 0 Å². The van der Waals surface area contributed by atoms with E-state index in [4.69, 9.17) is 4.74 Å². The van der Waals surface area contributed by atoms with Gasteiger partial charge in [0.2, 0.25) is 0 Å². The highest BCUT2D eigenvalue weighted by Crippen LogP contribution is 2.25. The quantitative estimate of drug-likeness (QED) is 0.570. The molecule has 2 aromatic carbocycles. The van der Waals surface area contributed by atoms with E-state index in [9.17, 15) is 5.11 Å². The minimum Gasteiger partial charge on any atom is -0.491 e. The van der Waals surface area contributed by atoms with Crippen LogP contribution in [0.4, 0.5) is 0 Å². The van der Waals surface area contributed by atoms with Crippen LogP contribution in [0.3, 0.4) is 0 Å². The Balaban J connectivity index is 1.61. The van der Waals surface area contributed by atoms with Gasteiger partial charge in [-0.1, -0.05) is 53.2 Å². The lowest BCUT2D eigenvalue weighted by atomic mass is 10.1. The molecule has 5 nitrogen and oxygen atoms in total. The van der Waals surface area contributed by atoms with Gasteiger partial charge in [-0.05, 0) is 45.4 Å². The molecule has 0 amide bonds. The second kappa shape index (κ2) is 9.26. The third-order valence-electron chi connectivity index (χ3n) is 4.48. The monoisotopic (exact) mass is 397 g/mol. The van der Waals surface area contributed by atoms with Crippen molar-refractivity contribution in [3.05, 3.63) is 59.2 Å². The lowest BCUT2D eigenvalue weighted by Crippen LogP contribution is -2.20. The average Bonchev–Trinajstić information content (AvgIpc) is 3.08. The predicted molar refractivity (Wildman–Crippen MR) is 114 cm³/mol. The number of thioether (sulfide) groups is 1. The summed E-state index contributed by atoms with van der Waals surface area (Å²) in [5.41, 5.74) is 4.52. The van der Waals surface area contributed by atoms with Crippen LogP contribution in [0.2, 0.25) is 0 Å². The zero-order valence-electron chi connectivity index (χ0n) is 16.8. The first-order valence-electron chi connectivity index (χ1n) is 9.49. The summed E-state index contributed by atoms with van der Waals surface area (Å²) in [6.45, 7) is 9.23. The number of rotatable bonds is 8. The molecular weight excluding hydrogens is 370 g/mol. The van der Waals surface area contributed by atoms with Crippen LogP contribution < -0.4 is 4.74 Å². The standard InChI is InChI=1S/C22H27N3O2S/c1-5-25-21(18-8-6-7-15(2)12-18)23-24-22(25)28-14-19(26)13-27-20-10-9-16(3)11-17(20)4/h6-12,19,26H,5,13-14H2,1-4H3. The molecule has 6 heteroatoms. The van der Waals surface area contributed by atoms with E-state index in [1.807, 2.05) is 31.2 Å². The fraction of sp³-hybridized carbons (Fsp3) is 0.364. The molecule has 1 aromatic heterocycles. The molecule has 0 saturated heterocycles. The van der Waals surface area contributed by atoms with Crippen molar-refractivity contribution in [3.8, 4) is 17.1 Å². The molecule has 0 saturated carbocycles. The summed E-state index contributed by atoms with van der Waals surface area (Å²) in [6, 6.07) is 14.3. The van der Waals surface area contributed by atoms with Gasteiger partial charge in [0.15, 0.2) is 11.0 Å². The van der Waals surface area contributed by atoms with Crippen LogP contribution >= 0.6 is 11.8 Å². The molecule has 148 valence electrons. The van der Waals surface area contributed by atoms with Crippen molar-refractivity contribution in [1.82, 2.24) is 14.8 Å². The maximum Gasteiger partial charge on any atom is 0.191 e. The number of benzene rings is 2. The van der Waals surface area contributed by atoms with E-state index in [1.54, 1.807) is 0 Å². The van der Waals surface area contributed by atoms with Crippen molar-refractivity contribution in [3.63, 3.8) is 0 Å². The number of hydrogen-bond donors (Lipinski definition) is 1. The number of aryl methyl sites for hydroxylation is 3. The van der Waals surface area contributed by atoms with Crippen LogP contribution in [0.15, 0.2) is 47.6 Å². The van der Waals surface area contributed by atoms with E-state index >= 15 is 0 Å². The van der Waals surface area contributed by atoms with Gasteiger partial charge in [0.05, 0.1) is 6.10 Å². The highest BCUT2D eigenvalue weighted by Gasteiger charge is 2.15. The van der Waals surface area contributed by atoms with Gasteiger partial charge in [-0.3, -0.25) is 0 Å². The minimum atomic E-state index is -0.588. The van der Waals surface area contributed by atoms with Crippen molar-refractivity contribution < 1.29 is 9.84 Å². The first kappa shape index (κ1) is 20.4. The first-order chi connectivity index (χ1) is 13.5. The van der Waals surface area contributed by atoms with Crippen LogP contribution in [0.5, 0.6) is 5.75 Å². The summed E-state index contributed by atoms with van der Waals surface area (Å²) in [4.78, 5) is 0. The lowest BCUT2D eigenvalue weighted by Gasteiger charge is -2.14. The summed E-state index contributed by atoms with van der Waals surface area (Å²) < 4.78 is 7.86. The Hall–Kier alpha value is -2.31. The molecular formula is C22H27N3O2S. The summed E-state index contributed by atoms with van der Waals surface area (Å²) >= 11 is 1.50. The summed E-state index contributed by atoms with van der Waals surface area (Å²) in [6.07, 6.45) is -0.588. The molecule has 3 aromatic rings. The number of ether oxygens (including phenoxy) is 1. The molecule has 1 unspecified atom stereocenters. The second-order valence-corrected chi connectivity index (χ2v) is 7.95. The molecule has 0 fully saturated rings. The Bertz CT molecular complexity index is 939. The SMILES string of the molecule is CCn1c(SCC(O)COc2ccc(C)cc2C)nnc1-c1cccc(C)c1. The van der Waals surface area contributed by atoms with Crippen LogP contribution in [-0.2, 0) is 6.54 Å². The van der Waals surface area contributed by atoms with Crippen LogP contribution in [0.1, 0.15) is 23.6 Å². The average molecular weight is 398 g/mol. The maximum absolute atomic E-state index is 10.3. The number of hydrogen-bond acceptors (Lipinski definition) is 5. The van der Waals surface area contributed by atoms with Gasteiger partial charge in [-0.2, -0.15) is 0 Å². The molecule has 1 atom stereocenters. The summed E-state index contributed by atoms with van der Waals surface area (Å²) in [5.74, 6) is 2.17. The Kier molecular flexibility index (Phi) is 6.75. The fourth-order valence-electron chi connectivity index (χ4n) is 3.04. The van der Waals surface area contributed by atoms with E-state index in [0.29, 0.717) is 5.75 Å². The maximum atomic E-state index is 10.3. The summed E-state index contributed by atoms with van der Waals surface area (Å²) in [7, 11) is 0. The minimum absolute atomic E-state index is 0.252. The van der Waals surface area contributed by atoms with E-state index < -0.39 is 6.10 Å². The van der Waals surface area contributed by atoms with Gasteiger partial charge in [0, 0.05) is 17.9 Å². The molecule has 0 aliphatic heterocycles. The Labute approximate surface area is 170 Å². The highest BCUT2D eigenvalue weighted by atomic mass is 32.2. The Morgan fingerprint density at radius 1 is 1.07 bits per heavy atom. The van der Waals surface area contributed by atoms with Crippen LogP contribution in [0, 0.1) is 20.8 Å². The van der Waals surface area contributed by atoms with E-state index in [-0.39, 0.29) is 6.61 Å². The largest absolute Gasteiger partial charge is 0.491 e. The summed E-state index contributed by atoms with van der Waals surface area (Å²) in [5, 5.41) is 19.8. The number of aliphatic hydroxyl groups excluding tert-OH is 1. The van der Waals surface area contributed by atoms with Gasteiger partial charge < -0.3 is 14.4 Å². The normalized spacial score (nSPS) is 12.2. The molecule has 0 aliphatic rings. The third kappa shape index (κ3) is 4.94. The van der Waals surface area contributed by atoms with Gasteiger partial charge in [-0.25, -0.2) is 0 Å². The van der Waals surface area contributed by atoms with Crippen molar-refractivity contribution in [2.75, 3.05) is 12.4 Å². The van der Waals surface area contributed by atoms with Gasteiger partial charge in [0.25, 0.3) is 0 Å². The van der Waals surface area contributed by atoms with Crippen molar-refractivity contribution in [2.45, 2.75) is 45.5 Å². The van der Waals surface area contributed by atoms with Gasteiger partial charge in [-0.15, -0.1) is 10.2 Å². The molecule has 0 radical (unpaired) electrons. The second-order valence-electron chi connectivity index (χ2n) is 6.96. The number of nitrogens with zero attached hydrogens (tertiary/aromatic N) is 3. The third-order valence-corrected chi connectivity index (χ3v) is 5.59. The highest BCUT2D eigenvalue weighted by molar-refractivity contribution is 7.99. The lowest BCUT2D eigenvalue weighted by molar-refractivity contribution is 0.126. The number of aliphatic hydroxyl groups is 1. The molecule has 1 N–H and O–H groups in total. The first-order valence-corrected chi connectivity index (χ1v) is 10.5. The molecule has 1 heterocycles. The van der Waals surface area contributed by atoms with Crippen LogP contribution in [-0.4, -0.2) is 38.3 Å². The zero-order chi connectivity index (χ0) is 20.1. The van der Waals surface area contributed by atoms with Gasteiger partial charge >= 0.3 is 0 Å². The smallest absolute Gasteiger partial charge is 0.191 e. The predicted octanol–water partition coefficient (Wildman–Crippen LogP) is 4.42. The zero-order valence-corrected chi connectivity index (χ0v) is 17.7. The Morgan fingerprint density at radius 2 is 1.86 bits per heavy atom. The molecule has 3 rings (SSSR count). The fourth-order valence-corrected chi connectivity index (χ4v) is 3.95. The molecule has 0 spiro atoms. The molecule has 0 aliphatic carbocycles. The Morgan fingerprint density at radius 3 is 2.57 bits per heavy atom. The van der Waals surface area contributed by atoms with Crippen LogP contribution in [0.25, 0.3) is 11.4 Å². The molecule has 0 bridgehead atoms. The van der Waals surface area contributed by atoms with E-state index in [1.165, 1.54) is 22.9 Å². The van der Waals surface area contributed by atoms with Gasteiger partial charge in [0.1, 0.15) is 12.4 Å². The van der Waals surface area contributed by atoms with Crippen molar-refractivity contribution in [2.24, 2.45) is 0 Å². The van der Waals surface area contributed by atoms with E-state index in [0.717, 1.165) is 34.4 Å². The van der Waals surface area contributed by atoms with Crippen molar-refractivity contribution >= 4 is 11.8 Å². The molecule has 28 heavy (non-hydrogen) atoms. The number of aromatic nitrogens is 3. The van der Waals surface area contributed by atoms with E-state index in [2.05, 4.69) is 53.7 Å².